The van der Waals surface area contributed by atoms with Gasteiger partial charge in [-0.3, -0.25) is 9.59 Å². The molecule has 0 unspecified atom stereocenters. The number of rotatable bonds is 5. The molecule has 156 valence electrons. The SMILES string of the molecule is Cc1nc(C)c(-c2csc(NC(=O)[C@@H]3C[C@@H](c4ccccc4)CN3C(=O)CF)n2)s1. The topological polar surface area (TPSA) is 75.2 Å². The van der Waals surface area contributed by atoms with Crippen molar-refractivity contribution in [2.24, 2.45) is 0 Å². The lowest BCUT2D eigenvalue weighted by Crippen LogP contribution is -2.43. The summed E-state index contributed by atoms with van der Waals surface area (Å²) in [4.78, 5) is 36.4. The van der Waals surface area contributed by atoms with Crippen LogP contribution in [0.2, 0.25) is 0 Å². The van der Waals surface area contributed by atoms with Crippen molar-refractivity contribution in [3.63, 3.8) is 0 Å². The minimum absolute atomic E-state index is 0.00729. The van der Waals surface area contributed by atoms with Crippen LogP contribution in [0.15, 0.2) is 35.7 Å². The molecule has 1 aliphatic rings. The highest BCUT2D eigenvalue weighted by atomic mass is 32.1. The molecule has 1 saturated heterocycles. The largest absolute Gasteiger partial charge is 0.328 e. The Labute approximate surface area is 181 Å². The van der Waals surface area contributed by atoms with E-state index < -0.39 is 18.6 Å². The lowest BCUT2D eigenvalue weighted by Gasteiger charge is -2.22. The predicted octanol–water partition coefficient (Wildman–Crippen LogP) is 4.18. The first kappa shape index (κ1) is 20.6. The van der Waals surface area contributed by atoms with Crippen LogP contribution in [0.1, 0.15) is 28.6 Å². The molecule has 2 aromatic heterocycles. The van der Waals surface area contributed by atoms with Crippen molar-refractivity contribution in [3.05, 3.63) is 52.0 Å². The second-order valence-corrected chi connectivity index (χ2v) is 9.27. The summed E-state index contributed by atoms with van der Waals surface area (Å²) in [5.41, 5.74) is 2.71. The van der Waals surface area contributed by atoms with Crippen LogP contribution >= 0.6 is 22.7 Å². The molecular formula is C21H21FN4O2S2. The van der Waals surface area contributed by atoms with Crippen LogP contribution in [-0.4, -0.2) is 45.9 Å². The highest BCUT2D eigenvalue weighted by Crippen LogP contribution is 2.34. The molecule has 2 amide bonds. The fraction of sp³-hybridized carbons (Fsp3) is 0.333. The molecule has 3 aromatic rings. The number of nitrogens with zero attached hydrogens (tertiary/aromatic N) is 3. The molecule has 1 aromatic carbocycles. The molecule has 0 bridgehead atoms. The van der Waals surface area contributed by atoms with Crippen molar-refractivity contribution in [1.82, 2.24) is 14.9 Å². The normalized spacial score (nSPS) is 18.6. The summed E-state index contributed by atoms with van der Waals surface area (Å²) in [7, 11) is 0. The summed E-state index contributed by atoms with van der Waals surface area (Å²) in [6.45, 7) is 3.08. The van der Waals surface area contributed by atoms with Gasteiger partial charge in [0.15, 0.2) is 11.8 Å². The average Bonchev–Trinajstić information content (AvgIpc) is 3.46. The van der Waals surface area contributed by atoms with Gasteiger partial charge in [0, 0.05) is 17.8 Å². The van der Waals surface area contributed by atoms with Gasteiger partial charge in [0.25, 0.3) is 5.91 Å². The van der Waals surface area contributed by atoms with Crippen LogP contribution in [0, 0.1) is 13.8 Å². The molecule has 0 aliphatic carbocycles. The van der Waals surface area contributed by atoms with E-state index in [0.717, 1.165) is 26.8 Å². The predicted molar refractivity (Wildman–Crippen MR) is 117 cm³/mol. The minimum Gasteiger partial charge on any atom is -0.328 e. The van der Waals surface area contributed by atoms with Gasteiger partial charge in [-0.15, -0.1) is 22.7 Å². The number of anilines is 1. The summed E-state index contributed by atoms with van der Waals surface area (Å²) in [6, 6.07) is 8.97. The summed E-state index contributed by atoms with van der Waals surface area (Å²) < 4.78 is 13.1. The standard InChI is InChI=1S/C21H21FN4O2S2/c1-12-19(30-13(2)23-12)16-11-29-21(24-16)25-20(28)17-8-15(10-26(17)18(27)9-22)14-6-4-3-5-7-14/h3-7,11,15,17H,8-10H2,1-2H3,(H,24,25,28)/t15-,17+/m1/s1. The van der Waals surface area contributed by atoms with E-state index in [9.17, 15) is 14.0 Å². The second-order valence-electron chi connectivity index (χ2n) is 7.21. The number of carbonyl (C=O) groups excluding carboxylic acids is 2. The number of aromatic nitrogens is 2. The van der Waals surface area contributed by atoms with Gasteiger partial charge in [-0.2, -0.15) is 0 Å². The molecule has 1 N–H and O–H groups in total. The first-order chi connectivity index (χ1) is 14.5. The number of halogens is 1. The zero-order valence-electron chi connectivity index (χ0n) is 16.6. The fourth-order valence-corrected chi connectivity index (χ4v) is 5.46. The first-order valence-corrected chi connectivity index (χ1v) is 11.3. The Bertz CT molecular complexity index is 1070. The van der Waals surface area contributed by atoms with Gasteiger partial charge in [-0.1, -0.05) is 30.3 Å². The molecule has 30 heavy (non-hydrogen) atoms. The Hall–Kier alpha value is -2.65. The van der Waals surface area contributed by atoms with Gasteiger partial charge in [-0.25, -0.2) is 14.4 Å². The Morgan fingerprint density at radius 1 is 1.23 bits per heavy atom. The van der Waals surface area contributed by atoms with Crippen molar-refractivity contribution in [2.75, 3.05) is 18.5 Å². The van der Waals surface area contributed by atoms with Crippen molar-refractivity contribution >= 4 is 39.6 Å². The lowest BCUT2D eigenvalue weighted by molar-refractivity contribution is -0.137. The minimum atomic E-state index is -1.11. The smallest absolute Gasteiger partial charge is 0.254 e. The molecule has 0 saturated carbocycles. The monoisotopic (exact) mass is 444 g/mol. The Morgan fingerprint density at radius 2 is 2.00 bits per heavy atom. The summed E-state index contributed by atoms with van der Waals surface area (Å²) in [5.74, 6) is -1.01. The number of benzene rings is 1. The summed E-state index contributed by atoms with van der Waals surface area (Å²) in [5, 5.41) is 6.11. The van der Waals surface area contributed by atoms with Gasteiger partial charge >= 0.3 is 0 Å². The van der Waals surface area contributed by atoms with Crippen LogP contribution in [0.5, 0.6) is 0 Å². The third-order valence-electron chi connectivity index (χ3n) is 5.18. The van der Waals surface area contributed by atoms with E-state index in [1.165, 1.54) is 16.2 Å². The van der Waals surface area contributed by atoms with Crippen molar-refractivity contribution < 1.29 is 14.0 Å². The molecule has 4 rings (SSSR count). The first-order valence-electron chi connectivity index (χ1n) is 9.57. The van der Waals surface area contributed by atoms with Crippen LogP contribution in [0.3, 0.4) is 0 Å². The van der Waals surface area contributed by atoms with E-state index in [2.05, 4.69) is 15.3 Å². The Morgan fingerprint density at radius 3 is 2.67 bits per heavy atom. The van der Waals surface area contributed by atoms with Crippen LogP contribution in [0.25, 0.3) is 10.6 Å². The van der Waals surface area contributed by atoms with Crippen molar-refractivity contribution in [2.45, 2.75) is 32.2 Å². The number of aryl methyl sites for hydroxylation is 2. The van der Waals surface area contributed by atoms with Crippen LogP contribution < -0.4 is 5.32 Å². The number of thiazole rings is 2. The highest BCUT2D eigenvalue weighted by Gasteiger charge is 2.40. The maximum atomic E-state index is 13.1. The van der Waals surface area contributed by atoms with Gasteiger partial charge in [0.05, 0.1) is 21.3 Å². The third-order valence-corrected chi connectivity index (χ3v) is 7.03. The van der Waals surface area contributed by atoms with E-state index in [1.807, 2.05) is 49.6 Å². The number of amides is 2. The molecule has 9 heteroatoms. The van der Waals surface area contributed by atoms with E-state index in [1.54, 1.807) is 11.3 Å². The Balaban J connectivity index is 1.51. The van der Waals surface area contributed by atoms with E-state index in [0.29, 0.717) is 18.1 Å². The number of hydrogen-bond donors (Lipinski definition) is 1. The maximum absolute atomic E-state index is 13.1. The Kier molecular flexibility index (Phi) is 5.92. The van der Waals surface area contributed by atoms with E-state index in [-0.39, 0.29) is 11.8 Å². The zero-order chi connectivity index (χ0) is 21.3. The summed E-state index contributed by atoms with van der Waals surface area (Å²) >= 11 is 2.88. The molecule has 3 heterocycles. The number of carbonyl (C=O) groups is 2. The second kappa shape index (κ2) is 8.61. The fourth-order valence-electron chi connectivity index (χ4n) is 3.80. The van der Waals surface area contributed by atoms with E-state index >= 15 is 0 Å². The lowest BCUT2D eigenvalue weighted by atomic mass is 9.96. The molecule has 0 radical (unpaired) electrons. The van der Waals surface area contributed by atoms with Crippen molar-refractivity contribution in [1.29, 1.82) is 0 Å². The average molecular weight is 445 g/mol. The molecule has 1 aliphatic heterocycles. The molecular weight excluding hydrogens is 423 g/mol. The van der Waals surface area contributed by atoms with Crippen molar-refractivity contribution in [3.8, 4) is 10.6 Å². The van der Waals surface area contributed by atoms with Crippen LogP contribution in [-0.2, 0) is 9.59 Å². The zero-order valence-corrected chi connectivity index (χ0v) is 18.2. The quantitative estimate of drug-likeness (QED) is 0.641. The van der Waals surface area contributed by atoms with Gasteiger partial charge in [-0.05, 0) is 25.8 Å². The number of likely N-dealkylation sites (tertiary alicyclic amines) is 1. The molecule has 6 nitrogen and oxygen atoms in total. The van der Waals surface area contributed by atoms with Crippen LogP contribution in [0.4, 0.5) is 9.52 Å². The van der Waals surface area contributed by atoms with E-state index in [4.69, 9.17) is 0 Å². The third kappa shape index (κ3) is 4.13. The maximum Gasteiger partial charge on any atom is 0.254 e. The summed E-state index contributed by atoms with van der Waals surface area (Å²) in [6.07, 6.45) is 0.451. The van der Waals surface area contributed by atoms with Gasteiger partial charge < -0.3 is 10.2 Å². The number of nitrogens with one attached hydrogen (secondary N) is 1. The van der Waals surface area contributed by atoms with Gasteiger partial charge in [0.2, 0.25) is 5.91 Å². The number of hydrogen-bond acceptors (Lipinski definition) is 6. The molecule has 2 atom stereocenters. The molecule has 1 fully saturated rings. The molecule has 0 spiro atoms. The highest BCUT2D eigenvalue weighted by molar-refractivity contribution is 7.16. The van der Waals surface area contributed by atoms with Gasteiger partial charge in [0.1, 0.15) is 6.04 Å². The number of alkyl halides is 1.